The van der Waals surface area contributed by atoms with Gasteiger partial charge in [-0.2, -0.15) is 0 Å². The highest BCUT2D eigenvalue weighted by Crippen LogP contribution is 2.42. The normalized spacial score (nSPS) is 17.3. The third-order valence-corrected chi connectivity index (χ3v) is 6.24. The molecule has 0 radical (unpaired) electrons. The van der Waals surface area contributed by atoms with Crippen molar-refractivity contribution >= 4 is 17.4 Å². The number of likely N-dealkylation sites (tertiary alicyclic amines) is 1. The Balaban J connectivity index is 2.15. The number of benzene rings is 2. The number of nitrogens with zero attached hydrogens (tertiary/aromatic N) is 2. The zero-order chi connectivity index (χ0) is 25.7. The van der Waals surface area contributed by atoms with Gasteiger partial charge in [0.1, 0.15) is 5.76 Å². The maximum Gasteiger partial charge on any atom is 0.295 e. The van der Waals surface area contributed by atoms with Crippen LogP contribution in [0.25, 0.3) is 5.76 Å². The maximum atomic E-state index is 13.3. The van der Waals surface area contributed by atoms with Gasteiger partial charge < -0.3 is 24.4 Å². The number of carbonyl (C=O) groups is 2. The molecule has 1 aliphatic rings. The van der Waals surface area contributed by atoms with Crippen molar-refractivity contribution in [1.82, 2.24) is 9.80 Å². The van der Waals surface area contributed by atoms with E-state index in [0.29, 0.717) is 42.3 Å². The van der Waals surface area contributed by atoms with Crippen LogP contribution in [0, 0.1) is 13.8 Å². The predicted octanol–water partition coefficient (Wildman–Crippen LogP) is 4.47. The lowest BCUT2D eigenvalue weighted by atomic mass is 9.93. The second-order valence-corrected chi connectivity index (χ2v) is 9.23. The second-order valence-electron chi connectivity index (χ2n) is 9.23. The standard InChI is InChI=1S/C28H36N2O5/c1-7-8-15-35-22-12-11-20(17-23(22)34-6)25-24(26(31)21-16-18(2)9-10-19(21)3)27(32)28(33)30(25)14-13-29(4)5/h9-12,16-17,25,31H,7-8,13-15H2,1-6H3/b26-24+. The highest BCUT2D eigenvalue weighted by Gasteiger charge is 2.46. The fourth-order valence-corrected chi connectivity index (χ4v) is 4.20. The molecule has 2 aromatic carbocycles. The number of Topliss-reactive ketones (excluding diaryl/α,β-unsaturated/α-hetero) is 1. The Morgan fingerprint density at radius 3 is 2.49 bits per heavy atom. The Kier molecular flexibility index (Phi) is 8.57. The summed E-state index contributed by atoms with van der Waals surface area (Å²) in [5, 5.41) is 11.4. The van der Waals surface area contributed by atoms with Gasteiger partial charge in [-0.3, -0.25) is 9.59 Å². The van der Waals surface area contributed by atoms with Crippen molar-refractivity contribution in [2.24, 2.45) is 0 Å². The van der Waals surface area contributed by atoms with Crippen molar-refractivity contribution in [3.8, 4) is 11.5 Å². The highest BCUT2D eigenvalue weighted by molar-refractivity contribution is 6.46. The summed E-state index contributed by atoms with van der Waals surface area (Å²) in [6.07, 6.45) is 1.94. The van der Waals surface area contributed by atoms with Crippen LogP contribution >= 0.6 is 0 Å². The number of rotatable bonds is 10. The molecule has 1 amide bonds. The number of unbranched alkanes of at least 4 members (excludes halogenated alkanes) is 1. The van der Waals surface area contributed by atoms with Crippen LogP contribution in [0.3, 0.4) is 0 Å². The van der Waals surface area contributed by atoms with E-state index in [-0.39, 0.29) is 11.3 Å². The fraction of sp³-hybridized carbons (Fsp3) is 0.429. The molecule has 1 fully saturated rings. The number of methoxy groups -OCH3 is 1. The van der Waals surface area contributed by atoms with Gasteiger partial charge in [0, 0.05) is 18.7 Å². The van der Waals surface area contributed by atoms with E-state index < -0.39 is 17.7 Å². The van der Waals surface area contributed by atoms with Gasteiger partial charge in [0.15, 0.2) is 11.5 Å². The lowest BCUT2D eigenvalue weighted by Crippen LogP contribution is -2.35. The van der Waals surface area contributed by atoms with Gasteiger partial charge in [0.25, 0.3) is 11.7 Å². The summed E-state index contributed by atoms with van der Waals surface area (Å²) in [7, 11) is 5.38. The number of aryl methyl sites for hydroxylation is 2. The lowest BCUT2D eigenvalue weighted by Gasteiger charge is -2.27. The van der Waals surface area contributed by atoms with Crippen LogP contribution in [0.5, 0.6) is 11.5 Å². The molecule has 0 saturated carbocycles. The summed E-state index contributed by atoms with van der Waals surface area (Å²) in [5.74, 6) is -0.350. The molecule has 3 rings (SSSR count). The first kappa shape index (κ1) is 26.3. The van der Waals surface area contributed by atoms with Crippen molar-refractivity contribution in [2.75, 3.05) is 40.9 Å². The summed E-state index contributed by atoms with van der Waals surface area (Å²) >= 11 is 0. The van der Waals surface area contributed by atoms with Gasteiger partial charge in [0.2, 0.25) is 0 Å². The summed E-state index contributed by atoms with van der Waals surface area (Å²) < 4.78 is 11.4. The third kappa shape index (κ3) is 5.68. The van der Waals surface area contributed by atoms with E-state index in [1.165, 1.54) is 4.90 Å². The van der Waals surface area contributed by atoms with Gasteiger partial charge >= 0.3 is 0 Å². The monoisotopic (exact) mass is 480 g/mol. The fourth-order valence-electron chi connectivity index (χ4n) is 4.20. The summed E-state index contributed by atoms with van der Waals surface area (Å²) in [5.41, 5.74) is 3.08. The molecule has 1 saturated heterocycles. The number of aliphatic hydroxyl groups excluding tert-OH is 1. The molecule has 35 heavy (non-hydrogen) atoms. The molecule has 1 N–H and O–H groups in total. The first-order valence-electron chi connectivity index (χ1n) is 12.0. The molecule has 188 valence electrons. The van der Waals surface area contributed by atoms with Gasteiger partial charge in [-0.25, -0.2) is 0 Å². The van der Waals surface area contributed by atoms with E-state index in [1.54, 1.807) is 19.2 Å². The number of hydrogen-bond donors (Lipinski definition) is 1. The molecule has 7 nitrogen and oxygen atoms in total. The molecule has 0 aromatic heterocycles. The number of carbonyl (C=O) groups excluding carboxylic acids is 2. The van der Waals surface area contributed by atoms with Crippen LogP contribution in [-0.2, 0) is 9.59 Å². The van der Waals surface area contributed by atoms with Gasteiger partial charge in [-0.1, -0.05) is 37.1 Å². The zero-order valence-corrected chi connectivity index (χ0v) is 21.6. The second kappa shape index (κ2) is 11.4. The average Bonchev–Trinajstić information content (AvgIpc) is 3.08. The van der Waals surface area contributed by atoms with E-state index in [0.717, 1.165) is 24.0 Å². The Hall–Kier alpha value is -3.32. The molecule has 0 aliphatic carbocycles. The molecule has 7 heteroatoms. The summed E-state index contributed by atoms with van der Waals surface area (Å²) in [6, 6.07) is 10.4. The van der Waals surface area contributed by atoms with Crippen LogP contribution in [0.4, 0.5) is 0 Å². The molecule has 1 atom stereocenters. The van der Waals surface area contributed by atoms with Crippen molar-refractivity contribution in [2.45, 2.75) is 39.7 Å². The van der Waals surface area contributed by atoms with Gasteiger partial charge in [-0.15, -0.1) is 0 Å². The van der Waals surface area contributed by atoms with Crippen LogP contribution in [0.2, 0.25) is 0 Å². The topological polar surface area (TPSA) is 79.3 Å². The maximum absolute atomic E-state index is 13.3. The van der Waals surface area contributed by atoms with E-state index >= 15 is 0 Å². The number of likely N-dealkylation sites (N-methyl/N-ethyl adjacent to an activating group) is 1. The number of ether oxygens (including phenoxy) is 2. The summed E-state index contributed by atoms with van der Waals surface area (Å²) in [4.78, 5) is 29.9. The van der Waals surface area contributed by atoms with Crippen molar-refractivity contribution in [3.05, 3.63) is 64.2 Å². The number of amides is 1. The van der Waals surface area contributed by atoms with Crippen LogP contribution in [0.15, 0.2) is 42.0 Å². The third-order valence-electron chi connectivity index (χ3n) is 6.24. The molecule has 1 heterocycles. The molecule has 0 spiro atoms. The Labute approximate surface area is 207 Å². The van der Waals surface area contributed by atoms with Gasteiger partial charge in [0.05, 0.1) is 25.3 Å². The number of ketones is 1. The van der Waals surface area contributed by atoms with E-state index in [1.807, 2.05) is 57.1 Å². The Morgan fingerprint density at radius 2 is 1.83 bits per heavy atom. The molecule has 1 aliphatic heterocycles. The molecule has 1 unspecified atom stereocenters. The molecular formula is C28H36N2O5. The predicted molar refractivity (Wildman–Crippen MR) is 137 cm³/mol. The van der Waals surface area contributed by atoms with Crippen molar-refractivity contribution in [3.63, 3.8) is 0 Å². The molecule has 0 bridgehead atoms. The lowest BCUT2D eigenvalue weighted by molar-refractivity contribution is -0.140. The van der Waals surface area contributed by atoms with E-state index in [2.05, 4.69) is 6.92 Å². The number of aliphatic hydroxyl groups is 1. The first-order valence-corrected chi connectivity index (χ1v) is 12.0. The average molecular weight is 481 g/mol. The van der Waals surface area contributed by atoms with E-state index in [4.69, 9.17) is 9.47 Å². The minimum atomic E-state index is -0.742. The minimum Gasteiger partial charge on any atom is -0.507 e. The van der Waals surface area contributed by atoms with Crippen molar-refractivity contribution in [1.29, 1.82) is 0 Å². The first-order chi connectivity index (χ1) is 16.7. The van der Waals surface area contributed by atoms with Crippen molar-refractivity contribution < 1.29 is 24.2 Å². The molecule has 2 aromatic rings. The minimum absolute atomic E-state index is 0.0872. The van der Waals surface area contributed by atoms with Crippen LogP contribution < -0.4 is 9.47 Å². The quantitative estimate of drug-likeness (QED) is 0.234. The molecular weight excluding hydrogens is 444 g/mol. The highest BCUT2D eigenvalue weighted by atomic mass is 16.5. The van der Waals surface area contributed by atoms with Gasteiger partial charge in [-0.05, 0) is 63.7 Å². The zero-order valence-electron chi connectivity index (χ0n) is 21.6. The Bertz CT molecular complexity index is 1120. The van der Waals surface area contributed by atoms with Crippen LogP contribution in [0.1, 0.15) is 48.1 Å². The largest absolute Gasteiger partial charge is 0.507 e. The Morgan fingerprint density at radius 1 is 1.09 bits per heavy atom. The van der Waals surface area contributed by atoms with Crippen LogP contribution in [-0.4, -0.2) is 67.5 Å². The number of hydrogen-bond acceptors (Lipinski definition) is 6. The van der Waals surface area contributed by atoms with E-state index in [9.17, 15) is 14.7 Å². The summed E-state index contributed by atoms with van der Waals surface area (Å²) in [6.45, 7) is 7.37. The SMILES string of the molecule is CCCCOc1ccc(C2/C(=C(\O)c3cc(C)ccc3C)C(=O)C(=O)N2CCN(C)C)cc1OC. The smallest absolute Gasteiger partial charge is 0.295 e.